The lowest BCUT2D eigenvalue weighted by Crippen LogP contribution is -2.41. The van der Waals surface area contributed by atoms with E-state index in [4.69, 9.17) is 14.7 Å². The van der Waals surface area contributed by atoms with Crippen molar-refractivity contribution in [3.05, 3.63) is 90.1 Å². The third-order valence-electron chi connectivity index (χ3n) is 3.71. The number of benzene rings is 3. The summed E-state index contributed by atoms with van der Waals surface area (Å²) >= 11 is 0. The Labute approximate surface area is 158 Å². The smallest absolute Gasteiger partial charge is 0.158 e. The second kappa shape index (κ2) is 9.47. The number of rotatable bonds is 9. The lowest BCUT2D eigenvalue weighted by atomic mass is 10.3. The van der Waals surface area contributed by atoms with E-state index in [2.05, 4.69) is 0 Å². The molecule has 6 nitrogen and oxygen atoms in total. The van der Waals surface area contributed by atoms with Crippen LogP contribution < -0.4 is 19.9 Å². The van der Waals surface area contributed by atoms with E-state index in [1.807, 2.05) is 24.3 Å². The van der Waals surface area contributed by atoms with Crippen LogP contribution in [0.2, 0.25) is 0 Å². The van der Waals surface area contributed by atoms with Gasteiger partial charge in [-0.15, -0.1) is 5.17 Å². The maximum absolute atomic E-state index is 12.9. The Morgan fingerprint density at radius 3 is 1.89 bits per heavy atom. The van der Waals surface area contributed by atoms with E-state index in [1.165, 1.54) is 5.17 Å². The summed E-state index contributed by atoms with van der Waals surface area (Å²) in [5, 5.41) is 23.5. The number of hydrogen-bond acceptors (Lipinski definition) is 6. The van der Waals surface area contributed by atoms with Gasteiger partial charge < -0.3 is 25.1 Å². The van der Waals surface area contributed by atoms with E-state index in [-0.39, 0.29) is 6.61 Å². The Kier molecular flexibility index (Phi) is 6.51. The normalized spacial score (nSPS) is 10.3. The molecule has 0 aromatic heterocycles. The fourth-order valence-electron chi connectivity index (χ4n) is 2.36. The Bertz CT molecular complexity index is 797. The highest BCUT2D eigenvalue weighted by Gasteiger charge is 2.12. The van der Waals surface area contributed by atoms with Crippen molar-refractivity contribution in [3.8, 4) is 11.5 Å². The van der Waals surface area contributed by atoms with Gasteiger partial charge in [-0.3, -0.25) is 0 Å². The molecule has 3 rings (SSSR count). The van der Waals surface area contributed by atoms with Crippen LogP contribution in [0.5, 0.6) is 11.5 Å². The summed E-state index contributed by atoms with van der Waals surface area (Å²) in [7, 11) is 0. The van der Waals surface area contributed by atoms with Gasteiger partial charge in [0.2, 0.25) is 0 Å². The van der Waals surface area contributed by atoms with Crippen LogP contribution >= 0.6 is 0 Å². The molecule has 0 aliphatic rings. The fourth-order valence-corrected chi connectivity index (χ4v) is 2.36. The molecule has 0 atom stereocenters. The fraction of sp³-hybridized carbons (Fsp3) is 0.143. The molecule has 27 heavy (non-hydrogen) atoms. The van der Waals surface area contributed by atoms with Crippen molar-refractivity contribution in [1.82, 2.24) is 0 Å². The molecule has 0 radical (unpaired) electrons. The van der Waals surface area contributed by atoms with E-state index >= 15 is 0 Å². The Morgan fingerprint density at radius 1 is 0.741 bits per heavy atom. The van der Waals surface area contributed by atoms with Gasteiger partial charge in [-0.25, -0.2) is 0 Å². The molecule has 0 aliphatic heterocycles. The molecule has 0 amide bonds. The van der Waals surface area contributed by atoms with Crippen molar-refractivity contribution in [1.29, 1.82) is 0 Å². The molecule has 0 spiro atoms. The van der Waals surface area contributed by atoms with Gasteiger partial charge in [0, 0.05) is 18.7 Å². The van der Waals surface area contributed by atoms with Crippen LogP contribution in [-0.4, -0.2) is 18.3 Å². The minimum absolute atomic E-state index is 0.0893. The van der Waals surface area contributed by atoms with Crippen LogP contribution in [-0.2, 0) is 0 Å². The number of aliphatic hydroxyl groups excluding tert-OH is 1. The van der Waals surface area contributed by atoms with Crippen molar-refractivity contribution in [3.63, 3.8) is 0 Å². The molecule has 0 unspecified atom stereocenters. The highest BCUT2D eigenvalue weighted by Crippen LogP contribution is 2.25. The first-order valence-electron chi connectivity index (χ1n) is 8.67. The zero-order chi connectivity index (χ0) is 18.9. The quantitative estimate of drug-likeness (QED) is 0.453. The van der Waals surface area contributed by atoms with Crippen LogP contribution in [0.4, 0.5) is 11.4 Å². The number of para-hydroxylation sites is 2. The first kappa shape index (κ1) is 18.6. The van der Waals surface area contributed by atoms with E-state index < -0.39 is 0 Å². The van der Waals surface area contributed by atoms with Crippen LogP contribution in [0.15, 0.2) is 84.9 Å². The predicted octanol–water partition coefficient (Wildman–Crippen LogP) is 4.17. The van der Waals surface area contributed by atoms with Gasteiger partial charge >= 0.3 is 0 Å². The summed E-state index contributed by atoms with van der Waals surface area (Å²) in [4.78, 5) is 5.85. The van der Waals surface area contributed by atoms with Gasteiger partial charge in [0.05, 0.1) is 12.3 Å². The number of ether oxygens (including phenoxy) is 1. The molecule has 0 aliphatic carbocycles. The third kappa shape index (κ3) is 5.13. The molecule has 0 fully saturated rings. The molecule has 6 heteroatoms. The second-order valence-corrected chi connectivity index (χ2v) is 5.71. The Morgan fingerprint density at radius 2 is 1.30 bits per heavy atom. The standard InChI is InChI=1S/C21H21N2O4/c24-16-7-17-26-20-12-14-21(15-13-20)27-23(19-10-5-2-6-11-19)22(25)18-8-3-1-4-9-18/h1-6,8-15,24H,7,16-17H2/q-1. The highest BCUT2D eigenvalue weighted by molar-refractivity contribution is 5.56. The van der Waals surface area contributed by atoms with Gasteiger partial charge in [0.25, 0.3) is 0 Å². The van der Waals surface area contributed by atoms with Gasteiger partial charge in [-0.1, -0.05) is 36.4 Å². The number of nitrogens with zero attached hydrogens (tertiary/aromatic N) is 2. The highest BCUT2D eigenvalue weighted by atomic mass is 16.8. The van der Waals surface area contributed by atoms with Crippen molar-refractivity contribution in [2.45, 2.75) is 6.42 Å². The molecule has 0 saturated carbocycles. The average Bonchev–Trinajstić information content (AvgIpc) is 2.74. The average molecular weight is 365 g/mol. The van der Waals surface area contributed by atoms with Crippen molar-refractivity contribution in [2.24, 2.45) is 0 Å². The van der Waals surface area contributed by atoms with E-state index in [0.717, 1.165) is 0 Å². The first-order chi connectivity index (χ1) is 13.3. The van der Waals surface area contributed by atoms with Crippen LogP contribution in [0.3, 0.4) is 0 Å². The van der Waals surface area contributed by atoms with Crippen LogP contribution in [0, 0.1) is 5.21 Å². The summed E-state index contributed by atoms with van der Waals surface area (Å²) < 4.78 is 5.51. The minimum atomic E-state index is 0.0893. The third-order valence-corrected chi connectivity index (χ3v) is 3.71. The molecule has 0 saturated heterocycles. The van der Waals surface area contributed by atoms with Gasteiger partial charge in [-0.2, -0.15) is 0 Å². The van der Waals surface area contributed by atoms with E-state index in [9.17, 15) is 5.21 Å². The van der Waals surface area contributed by atoms with Gasteiger partial charge in [-0.05, 0) is 48.5 Å². The van der Waals surface area contributed by atoms with Crippen molar-refractivity contribution >= 4 is 11.4 Å². The maximum atomic E-state index is 12.9. The Hall–Kier alpha value is -3.22. The molecule has 140 valence electrons. The molecule has 3 aromatic carbocycles. The summed E-state index contributed by atoms with van der Waals surface area (Å²) in [6.07, 6.45) is 0.572. The molecule has 0 bridgehead atoms. The van der Waals surface area contributed by atoms with Crippen molar-refractivity contribution < 1.29 is 14.7 Å². The largest absolute Gasteiger partial charge is 0.736 e. The zero-order valence-electron chi connectivity index (χ0n) is 14.8. The van der Waals surface area contributed by atoms with Crippen molar-refractivity contribution in [2.75, 3.05) is 23.6 Å². The molecular weight excluding hydrogens is 344 g/mol. The maximum Gasteiger partial charge on any atom is 0.158 e. The number of hydrogen-bond donors (Lipinski definition) is 1. The van der Waals surface area contributed by atoms with Crippen LogP contribution in [0.1, 0.15) is 6.42 Å². The zero-order valence-corrected chi connectivity index (χ0v) is 14.8. The molecule has 0 heterocycles. The minimum Gasteiger partial charge on any atom is -0.736 e. The van der Waals surface area contributed by atoms with E-state index in [1.54, 1.807) is 60.7 Å². The van der Waals surface area contributed by atoms with Gasteiger partial charge in [0.1, 0.15) is 5.75 Å². The topological polar surface area (TPSA) is 68.2 Å². The molecule has 3 aromatic rings. The molecule has 1 N–H and O–H groups in total. The first-order valence-corrected chi connectivity index (χ1v) is 8.67. The molecular formula is C21H21N2O4-. The second-order valence-electron chi connectivity index (χ2n) is 5.71. The lowest BCUT2D eigenvalue weighted by Gasteiger charge is -2.40. The summed E-state index contributed by atoms with van der Waals surface area (Å²) in [6, 6.07) is 25.0. The summed E-state index contributed by atoms with van der Waals surface area (Å²) in [5.41, 5.74) is 1.05. The van der Waals surface area contributed by atoms with Crippen LogP contribution in [0.25, 0.3) is 0 Å². The number of aliphatic hydroxyl groups is 1. The SMILES string of the molecule is [O-]N(c1ccccc1)N(Oc1ccc(OCCCO)cc1)c1ccccc1. The lowest BCUT2D eigenvalue weighted by molar-refractivity contribution is 0.233. The predicted molar refractivity (Wildman–Crippen MR) is 105 cm³/mol. The van der Waals surface area contributed by atoms with E-state index in [0.29, 0.717) is 41.1 Å². The number of hydrazine groups is 1. The monoisotopic (exact) mass is 365 g/mol. The summed E-state index contributed by atoms with van der Waals surface area (Å²) in [6.45, 7) is 0.529. The van der Waals surface area contributed by atoms with Gasteiger partial charge in [0.15, 0.2) is 5.75 Å². The summed E-state index contributed by atoms with van der Waals surface area (Å²) in [5.74, 6) is 1.16. The Balaban J connectivity index is 1.77. The number of anilines is 2.